The third-order valence-corrected chi connectivity index (χ3v) is 7.24. The lowest BCUT2D eigenvalue weighted by Crippen LogP contribution is -2.58. The van der Waals surface area contributed by atoms with E-state index in [4.69, 9.17) is 9.47 Å². The first-order chi connectivity index (χ1) is 19.8. The van der Waals surface area contributed by atoms with Gasteiger partial charge in [-0.2, -0.15) is 10.2 Å². The number of aryl methyl sites for hydroxylation is 1. The number of urea groups is 1. The second-order valence-electron chi connectivity index (χ2n) is 9.96. The van der Waals surface area contributed by atoms with Crippen molar-refractivity contribution >= 4 is 18.2 Å². The molecule has 0 radical (unpaired) electrons. The number of rotatable bonds is 5. The highest BCUT2D eigenvalue weighted by Gasteiger charge is 2.39. The van der Waals surface area contributed by atoms with Gasteiger partial charge in [-0.1, -0.05) is 0 Å². The fourth-order valence-corrected chi connectivity index (χ4v) is 5.11. The normalized spacial score (nSPS) is 19.0. The summed E-state index contributed by atoms with van der Waals surface area (Å²) in [5, 5.41) is 9.50. The maximum atomic E-state index is 14.7. The van der Waals surface area contributed by atoms with Crippen molar-refractivity contribution in [1.82, 2.24) is 29.6 Å². The Kier molecular flexibility index (Phi) is 7.07. The average Bonchev–Trinajstić information content (AvgIpc) is 3.58. The number of nitrogens with zero attached hydrogens (tertiary/aromatic N) is 7. The van der Waals surface area contributed by atoms with Gasteiger partial charge in [-0.15, -0.1) is 0 Å². The first-order valence-electron chi connectivity index (χ1n) is 13.1. The van der Waals surface area contributed by atoms with Gasteiger partial charge in [-0.3, -0.25) is 14.5 Å². The van der Waals surface area contributed by atoms with Crippen LogP contribution in [0.25, 0.3) is 11.4 Å². The second-order valence-corrected chi connectivity index (χ2v) is 9.96. The van der Waals surface area contributed by atoms with Crippen molar-refractivity contribution in [1.29, 1.82) is 0 Å². The van der Waals surface area contributed by atoms with E-state index < -0.39 is 35.6 Å². The Balaban J connectivity index is 1.13. The van der Waals surface area contributed by atoms with Crippen LogP contribution in [0.4, 0.5) is 18.0 Å². The molecule has 2 fully saturated rings. The van der Waals surface area contributed by atoms with Gasteiger partial charge in [-0.25, -0.2) is 23.0 Å². The Morgan fingerprint density at radius 3 is 2.46 bits per heavy atom. The molecule has 3 aliphatic heterocycles. The predicted octanol–water partition coefficient (Wildman–Crippen LogP) is 2.99. The highest BCUT2D eigenvalue weighted by atomic mass is 19.1. The minimum atomic E-state index is -0.737. The molecule has 2 saturated heterocycles. The maximum absolute atomic E-state index is 14.7. The lowest BCUT2D eigenvalue weighted by atomic mass is 10.0. The van der Waals surface area contributed by atoms with E-state index in [1.807, 2.05) is 0 Å². The molecule has 14 heteroatoms. The van der Waals surface area contributed by atoms with Crippen LogP contribution in [0, 0.1) is 17.5 Å². The number of benzene rings is 1. The summed E-state index contributed by atoms with van der Waals surface area (Å²) in [5.74, 6) is -2.47. The molecule has 6 rings (SSSR count). The number of halogens is 3. The van der Waals surface area contributed by atoms with Crippen LogP contribution in [0.2, 0.25) is 0 Å². The fourth-order valence-electron chi connectivity index (χ4n) is 5.11. The molecule has 5 heterocycles. The summed E-state index contributed by atoms with van der Waals surface area (Å²) in [6.07, 6.45) is 3.80. The Hall–Kier alpha value is -4.46. The Bertz CT molecular complexity index is 1500. The zero-order valence-corrected chi connectivity index (χ0v) is 22.0. The quantitative estimate of drug-likeness (QED) is 0.468. The Labute approximate surface area is 232 Å². The maximum Gasteiger partial charge on any atom is 0.341 e. The van der Waals surface area contributed by atoms with Crippen LogP contribution in [-0.4, -0.2) is 93.2 Å². The lowest BCUT2D eigenvalue weighted by molar-refractivity contribution is 0.0256. The van der Waals surface area contributed by atoms with Crippen LogP contribution in [0.3, 0.4) is 0 Å². The van der Waals surface area contributed by atoms with Crippen LogP contribution in [0.15, 0.2) is 41.8 Å². The summed E-state index contributed by atoms with van der Waals surface area (Å²) in [5.41, 5.74) is 1.36. The Morgan fingerprint density at radius 1 is 1.00 bits per heavy atom. The number of amides is 3. The van der Waals surface area contributed by atoms with E-state index in [0.717, 1.165) is 12.3 Å². The third-order valence-electron chi connectivity index (χ3n) is 7.24. The summed E-state index contributed by atoms with van der Waals surface area (Å²) >= 11 is 0. The van der Waals surface area contributed by atoms with Gasteiger partial charge < -0.3 is 19.3 Å². The van der Waals surface area contributed by atoms with Crippen molar-refractivity contribution in [2.24, 2.45) is 12.1 Å². The van der Waals surface area contributed by atoms with Crippen LogP contribution in [0.5, 0.6) is 5.75 Å². The van der Waals surface area contributed by atoms with Gasteiger partial charge in [0, 0.05) is 44.9 Å². The highest BCUT2D eigenvalue weighted by Crippen LogP contribution is 2.33. The summed E-state index contributed by atoms with van der Waals surface area (Å²) in [4.78, 5) is 33.5. The molecule has 1 aromatic carbocycles. The van der Waals surface area contributed by atoms with Crippen molar-refractivity contribution in [3.8, 4) is 17.1 Å². The molecule has 0 aliphatic carbocycles. The van der Waals surface area contributed by atoms with E-state index in [-0.39, 0.29) is 24.7 Å². The summed E-state index contributed by atoms with van der Waals surface area (Å²) in [7, 11) is 1.67. The summed E-state index contributed by atoms with van der Waals surface area (Å²) < 4.78 is 54.9. The van der Waals surface area contributed by atoms with Gasteiger partial charge in [0.1, 0.15) is 17.7 Å². The molecule has 2 aromatic heterocycles. The standard InChI is InChI=1S/C27H26F3N7O4/c1-34-25(20(12-33-34)26(38)35-4-6-40-7-5-35)22-11-24(21(30)13-31-22)41-19-14-36(15-19)27(39)37-23(2-3-32-37)16-8-17(28)10-18(29)9-16/h3,8-13,19,23H,2,4-7,14-15H2,1H3. The number of likely N-dealkylation sites (tertiary alicyclic amines) is 1. The number of pyridine rings is 1. The zero-order chi connectivity index (χ0) is 28.7. The smallest absolute Gasteiger partial charge is 0.341 e. The molecular formula is C27H26F3N7O4. The summed E-state index contributed by atoms with van der Waals surface area (Å²) in [6.45, 7) is 2.11. The minimum absolute atomic E-state index is 0.0784. The van der Waals surface area contributed by atoms with Gasteiger partial charge in [0.05, 0.1) is 61.7 Å². The van der Waals surface area contributed by atoms with Gasteiger partial charge >= 0.3 is 6.03 Å². The molecular weight excluding hydrogens is 543 g/mol. The molecule has 3 aromatic rings. The largest absolute Gasteiger partial charge is 0.483 e. The third kappa shape index (κ3) is 5.22. The van der Waals surface area contributed by atoms with Crippen LogP contribution in [-0.2, 0) is 11.8 Å². The lowest BCUT2D eigenvalue weighted by Gasteiger charge is -2.41. The molecule has 214 valence electrons. The minimum Gasteiger partial charge on any atom is -0.483 e. The van der Waals surface area contributed by atoms with E-state index in [9.17, 15) is 22.8 Å². The average molecular weight is 570 g/mol. The van der Waals surface area contributed by atoms with Crippen LogP contribution >= 0.6 is 0 Å². The first-order valence-corrected chi connectivity index (χ1v) is 13.1. The molecule has 3 amide bonds. The SMILES string of the molecule is Cn1ncc(C(=O)N2CCOCC2)c1-c1cc(OC2CN(C(=O)N3N=CCC3c3cc(F)cc(F)c3)C2)c(F)cn1. The molecule has 41 heavy (non-hydrogen) atoms. The molecule has 0 spiro atoms. The predicted molar refractivity (Wildman–Crippen MR) is 139 cm³/mol. The van der Waals surface area contributed by atoms with Crippen LogP contribution < -0.4 is 4.74 Å². The molecule has 1 atom stereocenters. The molecule has 11 nitrogen and oxygen atoms in total. The number of carbonyl (C=O) groups is 2. The molecule has 0 bridgehead atoms. The molecule has 0 saturated carbocycles. The first kappa shape index (κ1) is 26.7. The van der Waals surface area contributed by atoms with E-state index in [0.29, 0.717) is 55.2 Å². The number of aromatic nitrogens is 3. The number of ether oxygens (including phenoxy) is 2. The van der Waals surface area contributed by atoms with Crippen molar-refractivity contribution in [3.63, 3.8) is 0 Å². The fraction of sp³-hybridized carbons (Fsp3) is 0.370. The van der Waals surface area contributed by atoms with Crippen molar-refractivity contribution in [2.45, 2.75) is 18.6 Å². The van der Waals surface area contributed by atoms with E-state index >= 15 is 0 Å². The zero-order valence-electron chi connectivity index (χ0n) is 22.0. The summed E-state index contributed by atoms with van der Waals surface area (Å²) in [6, 6.07) is 3.44. The molecule has 1 unspecified atom stereocenters. The van der Waals surface area contributed by atoms with E-state index in [1.54, 1.807) is 11.9 Å². The van der Waals surface area contributed by atoms with E-state index in [2.05, 4.69) is 15.2 Å². The number of hydrogen-bond donors (Lipinski definition) is 0. The monoisotopic (exact) mass is 569 g/mol. The Morgan fingerprint density at radius 2 is 1.73 bits per heavy atom. The second kappa shape index (κ2) is 10.8. The number of hydrazone groups is 1. The van der Waals surface area contributed by atoms with E-state index in [1.165, 1.54) is 45.2 Å². The number of carbonyl (C=O) groups excluding carboxylic acids is 2. The van der Waals surface area contributed by atoms with Crippen molar-refractivity contribution in [2.75, 3.05) is 39.4 Å². The highest BCUT2D eigenvalue weighted by molar-refractivity contribution is 5.99. The van der Waals surface area contributed by atoms with Gasteiger partial charge in [0.2, 0.25) is 0 Å². The van der Waals surface area contributed by atoms with Crippen molar-refractivity contribution < 1.29 is 32.2 Å². The van der Waals surface area contributed by atoms with Gasteiger partial charge in [0.25, 0.3) is 5.91 Å². The van der Waals surface area contributed by atoms with Gasteiger partial charge in [0.15, 0.2) is 11.6 Å². The molecule has 3 aliphatic rings. The molecule has 0 N–H and O–H groups in total. The topological polar surface area (TPSA) is 105 Å². The van der Waals surface area contributed by atoms with Gasteiger partial charge in [-0.05, 0) is 17.7 Å². The van der Waals surface area contributed by atoms with Crippen molar-refractivity contribution in [3.05, 3.63) is 65.2 Å². The number of morpholine rings is 1. The number of hydrogen-bond acceptors (Lipinski definition) is 7. The van der Waals surface area contributed by atoms with Crippen LogP contribution in [0.1, 0.15) is 28.4 Å².